The molecule has 0 bridgehead atoms. The summed E-state index contributed by atoms with van der Waals surface area (Å²) < 4.78 is 40.1. The highest BCUT2D eigenvalue weighted by atomic mass is 19.4. The second kappa shape index (κ2) is 6.44. The van der Waals surface area contributed by atoms with Gasteiger partial charge in [-0.15, -0.1) is 0 Å². The molecule has 0 aromatic carbocycles. The third kappa shape index (κ3) is 3.29. The Hall–Kier alpha value is -1.90. The molecular weight excluding hydrogens is 337 g/mol. The number of rotatable bonds is 3. The molecule has 1 unspecified atom stereocenters. The van der Waals surface area contributed by atoms with E-state index in [0.29, 0.717) is 24.3 Å². The van der Waals surface area contributed by atoms with E-state index in [1.165, 1.54) is 0 Å². The van der Waals surface area contributed by atoms with E-state index < -0.39 is 18.7 Å². The van der Waals surface area contributed by atoms with E-state index >= 15 is 0 Å². The molecule has 2 aromatic heterocycles. The van der Waals surface area contributed by atoms with Crippen LogP contribution in [0.25, 0.3) is 11.0 Å². The van der Waals surface area contributed by atoms with Gasteiger partial charge in [-0.3, -0.25) is 4.79 Å². The molecule has 2 heterocycles. The van der Waals surface area contributed by atoms with Crippen molar-refractivity contribution < 1.29 is 18.3 Å². The molecule has 0 aliphatic heterocycles. The Labute approximate surface area is 142 Å². The van der Waals surface area contributed by atoms with Gasteiger partial charge >= 0.3 is 6.18 Å². The molecular formula is C16H21F3N4O2. The van der Waals surface area contributed by atoms with Gasteiger partial charge in [0.25, 0.3) is 5.56 Å². The van der Waals surface area contributed by atoms with Crippen LogP contribution in [-0.2, 0) is 6.61 Å². The SMILES string of the molecule is Cc1nc2c(c(CO)nn2C(C)C2CCC(C(F)(F)F)CC2)c(=O)[nH]1. The highest BCUT2D eigenvalue weighted by molar-refractivity contribution is 5.77. The normalized spacial score (nSPS) is 23.1. The van der Waals surface area contributed by atoms with Crippen molar-refractivity contribution in [3.05, 3.63) is 21.9 Å². The second-order valence-electron chi connectivity index (χ2n) is 6.79. The monoisotopic (exact) mass is 358 g/mol. The van der Waals surface area contributed by atoms with Crippen LogP contribution in [0.5, 0.6) is 0 Å². The summed E-state index contributed by atoms with van der Waals surface area (Å²) in [5.41, 5.74) is 0.237. The van der Waals surface area contributed by atoms with Crippen LogP contribution >= 0.6 is 0 Å². The Morgan fingerprint density at radius 2 is 1.96 bits per heavy atom. The zero-order valence-corrected chi connectivity index (χ0v) is 14.1. The van der Waals surface area contributed by atoms with Crippen LogP contribution in [0.3, 0.4) is 0 Å². The minimum absolute atomic E-state index is 0.0228. The summed E-state index contributed by atoms with van der Waals surface area (Å²) in [6, 6.07) is -0.203. The van der Waals surface area contributed by atoms with E-state index in [2.05, 4.69) is 15.1 Å². The molecule has 1 aliphatic rings. The molecule has 6 nitrogen and oxygen atoms in total. The minimum atomic E-state index is -4.14. The first-order chi connectivity index (χ1) is 11.7. The van der Waals surface area contributed by atoms with Crippen molar-refractivity contribution in [2.24, 2.45) is 11.8 Å². The first-order valence-electron chi connectivity index (χ1n) is 8.38. The maximum Gasteiger partial charge on any atom is 0.391 e. The van der Waals surface area contributed by atoms with Crippen LogP contribution < -0.4 is 5.56 Å². The second-order valence-corrected chi connectivity index (χ2v) is 6.79. The molecule has 2 aromatic rings. The number of halogens is 3. The Kier molecular flexibility index (Phi) is 4.61. The number of aliphatic hydroxyl groups is 1. The molecule has 1 saturated carbocycles. The first-order valence-corrected chi connectivity index (χ1v) is 8.38. The molecule has 0 amide bonds. The summed E-state index contributed by atoms with van der Waals surface area (Å²) in [6.45, 7) is 3.13. The number of aliphatic hydroxyl groups excluding tert-OH is 1. The summed E-state index contributed by atoms with van der Waals surface area (Å²) >= 11 is 0. The number of aromatic nitrogens is 4. The zero-order chi connectivity index (χ0) is 18.4. The van der Waals surface area contributed by atoms with Crippen molar-refractivity contribution in [2.45, 2.75) is 58.4 Å². The maximum absolute atomic E-state index is 12.8. The fourth-order valence-electron chi connectivity index (χ4n) is 3.75. The Bertz CT molecular complexity index is 819. The van der Waals surface area contributed by atoms with Gasteiger partial charge in [0.2, 0.25) is 0 Å². The molecule has 2 N–H and O–H groups in total. The molecule has 25 heavy (non-hydrogen) atoms. The predicted molar refractivity (Wildman–Crippen MR) is 85.0 cm³/mol. The lowest BCUT2D eigenvalue weighted by atomic mass is 9.78. The summed E-state index contributed by atoms with van der Waals surface area (Å²) in [7, 11) is 0. The highest BCUT2D eigenvalue weighted by Gasteiger charge is 2.42. The van der Waals surface area contributed by atoms with Crippen molar-refractivity contribution in [3.63, 3.8) is 0 Å². The topological polar surface area (TPSA) is 83.8 Å². The fourth-order valence-corrected chi connectivity index (χ4v) is 3.75. The number of hydrogen-bond donors (Lipinski definition) is 2. The molecule has 3 rings (SSSR count). The highest BCUT2D eigenvalue weighted by Crippen LogP contribution is 2.42. The van der Waals surface area contributed by atoms with Gasteiger partial charge in [-0.25, -0.2) is 9.67 Å². The van der Waals surface area contributed by atoms with Crippen LogP contribution in [0, 0.1) is 18.8 Å². The molecule has 138 valence electrons. The number of alkyl halides is 3. The van der Waals surface area contributed by atoms with Crippen molar-refractivity contribution in [3.8, 4) is 0 Å². The average Bonchev–Trinajstić information content (AvgIpc) is 2.92. The van der Waals surface area contributed by atoms with Gasteiger partial charge in [0, 0.05) is 0 Å². The molecule has 1 atom stereocenters. The van der Waals surface area contributed by atoms with Crippen LogP contribution in [0.4, 0.5) is 13.2 Å². The number of nitrogens with zero attached hydrogens (tertiary/aromatic N) is 3. The Morgan fingerprint density at radius 1 is 1.32 bits per heavy atom. The maximum atomic E-state index is 12.8. The van der Waals surface area contributed by atoms with Crippen LogP contribution in [-0.4, -0.2) is 31.0 Å². The number of H-pyrrole nitrogens is 1. The van der Waals surface area contributed by atoms with Crippen molar-refractivity contribution >= 4 is 11.0 Å². The summed E-state index contributed by atoms with van der Waals surface area (Å²) in [6.07, 6.45) is -3.02. The Morgan fingerprint density at radius 3 is 2.52 bits per heavy atom. The van der Waals surface area contributed by atoms with E-state index in [1.807, 2.05) is 6.92 Å². The molecule has 9 heteroatoms. The number of aryl methyl sites for hydroxylation is 1. The van der Waals surface area contributed by atoms with Crippen LogP contribution in [0.2, 0.25) is 0 Å². The molecule has 1 fully saturated rings. The number of aromatic amines is 1. The number of fused-ring (bicyclic) bond motifs is 1. The van der Waals surface area contributed by atoms with Gasteiger partial charge in [0.15, 0.2) is 5.65 Å². The quantitative estimate of drug-likeness (QED) is 0.884. The first kappa shape index (κ1) is 17.9. The standard InChI is InChI=1S/C16H21F3N4O2/c1-8(10-3-5-11(6-4-10)16(17,18)19)23-14-13(12(7-24)22-23)15(25)21-9(2)20-14/h8,10-11,24H,3-7H2,1-2H3,(H,20,21,25). The molecule has 0 spiro atoms. The molecule has 1 aliphatic carbocycles. The molecule has 0 saturated heterocycles. The lowest BCUT2D eigenvalue weighted by Crippen LogP contribution is -2.30. The number of hydrogen-bond acceptors (Lipinski definition) is 4. The fraction of sp³-hybridized carbons (Fsp3) is 0.688. The third-order valence-corrected chi connectivity index (χ3v) is 5.21. The summed E-state index contributed by atoms with van der Waals surface area (Å²) in [5.74, 6) is -0.785. The summed E-state index contributed by atoms with van der Waals surface area (Å²) in [4.78, 5) is 19.1. The molecule has 0 radical (unpaired) electrons. The third-order valence-electron chi connectivity index (χ3n) is 5.21. The average molecular weight is 358 g/mol. The van der Waals surface area contributed by atoms with Crippen LogP contribution in [0.1, 0.15) is 50.2 Å². The Balaban J connectivity index is 1.91. The van der Waals surface area contributed by atoms with E-state index in [4.69, 9.17) is 0 Å². The van der Waals surface area contributed by atoms with Gasteiger partial charge < -0.3 is 10.1 Å². The van der Waals surface area contributed by atoms with E-state index in [9.17, 15) is 23.1 Å². The summed E-state index contributed by atoms with van der Waals surface area (Å²) in [5, 5.41) is 14.0. The minimum Gasteiger partial charge on any atom is -0.390 e. The van der Waals surface area contributed by atoms with Crippen molar-refractivity contribution in [1.82, 2.24) is 19.7 Å². The van der Waals surface area contributed by atoms with Gasteiger partial charge in [0.1, 0.15) is 16.9 Å². The zero-order valence-electron chi connectivity index (χ0n) is 14.1. The van der Waals surface area contributed by atoms with Crippen molar-refractivity contribution in [1.29, 1.82) is 0 Å². The lowest BCUT2D eigenvalue weighted by molar-refractivity contribution is -0.184. The van der Waals surface area contributed by atoms with E-state index in [0.717, 1.165) is 0 Å². The van der Waals surface area contributed by atoms with E-state index in [-0.39, 0.29) is 41.4 Å². The van der Waals surface area contributed by atoms with Crippen LogP contribution in [0.15, 0.2) is 4.79 Å². The van der Waals surface area contributed by atoms with Gasteiger partial charge in [-0.1, -0.05) is 0 Å². The lowest BCUT2D eigenvalue weighted by Gasteiger charge is -2.33. The van der Waals surface area contributed by atoms with Gasteiger partial charge in [-0.05, 0) is 45.4 Å². The smallest absolute Gasteiger partial charge is 0.390 e. The van der Waals surface area contributed by atoms with Gasteiger partial charge in [-0.2, -0.15) is 18.3 Å². The largest absolute Gasteiger partial charge is 0.391 e. The van der Waals surface area contributed by atoms with Gasteiger partial charge in [0.05, 0.1) is 18.6 Å². The predicted octanol–water partition coefficient (Wildman–Crippen LogP) is 2.85. The van der Waals surface area contributed by atoms with E-state index in [1.54, 1.807) is 11.6 Å². The van der Waals surface area contributed by atoms with Crippen molar-refractivity contribution in [2.75, 3.05) is 0 Å². The number of nitrogens with one attached hydrogen (secondary N) is 1.